The lowest BCUT2D eigenvalue weighted by molar-refractivity contribution is -0.124. The van der Waals surface area contributed by atoms with Crippen LogP contribution in [0.25, 0.3) is 0 Å². The van der Waals surface area contributed by atoms with Crippen molar-refractivity contribution in [2.24, 2.45) is 5.92 Å². The molecule has 0 aromatic carbocycles. The van der Waals surface area contributed by atoms with Crippen molar-refractivity contribution in [2.75, 3.05) is 24.6 Å². The van der Waals surface area contributed by atoms with Gasteiger partial charge in [0.2, 0.25) is 0 Å². The molecule has 1 nitrogen and oxygen atoms in total. The zero-order chi connectivity index (χ0) is 11.0. The Bertz CT molecular complexity index is 137. The molecule has 0 aliphatic rings. The van der Waals surface area contributed by atoms with Gasteiger partial charge in [-0.2, -0.15) is 24.9 Å². The van der Waals surface area contributed by atoms with Gasteiger partial charge in [-0.05, 0) is 18.1 Å². The van der Waals surface area contributed by atoms with E-state index in [-0.39, 0.29) is 0 Å². The standard InChI is InChI=1S/C9H18F3NS/c1-8(2)3-5-14-6-4-13-7-9(10,11)12/h8,13H,3-7H2,1-2H3. The van der Waals surface area contributed by atoms with Crippen molar-refractivity contribution in [2.45, 2.75) is 26.4 Å². The molecule has 1 N–H and O–H groups in total. The van der Waals surface area contributed by atoms with Crippen LogP contribution in [-0.4, -0.2) is 30.8 Å². The second kappa shape index (κ2) is 7.40. The molecule has 14 heavy (non-hydrogen) atoms. The Hall–Kier alpha value is 0.100. The maximum absolute atomic E-state index is 11.7. The molecule has 0 aromatic heterocycles. The lowest BCUT2D eigenvalue weighted by atomic mass is 10.2. The quantitative estimate of drug-likeness (QED) is 0.674. The van der Waals surface area contributed by atoms with Crippen LogP contribution in [-0.2, 0) is 0 Å². The summed E-state index contributed by atoms with van der Waals surface area (Å²) < 4.78 is 35.0. The molecule has 0 radical (unpaired) electrons. The highest BCUT2D eigenvalue weighted by Gasteiger charge is 2.25. The van der Waals surface area contributed by atoms with Crippen molar-refractivity contribution in [3.8, 4) is 0 Å². The van der Waals surface area contributed by atoms with Crippen molar-refractivity contribution in [1.29, 1.82) is 0 Å². The first-order valence-electron chi connectivity index (χ1n) is 4.77. The summed E-state index contributed by atoms with van der Waals surface area (Å²) in [5, 5.41) is 2.37. The van der Waals surface area contributed by atoms with E-state index in [9.17, 15) is 13.2 Å². The number of hydrogen-bond donors (Lipinski definition) is 1. The zero-order valence-corrected chi connectivity index (χ0v) is 9.47. The molecule has 0 unspecified atom stereocenters. The van der Waals surface area contributed by atoms with E-state index in [0.29, 0.717) is 12.5 Å². The molecule has 0 saturated heterocycles. The normalized spacial score (nSPS) is 12.4. The van der Waals surface area contributed by atoms with Crippen LogP contribution in [0.5, 0.6) is 0 Å². The number of nitrogens with one attached hydrogen (secondary N) is 1. The first kappa shape index (κ1) is 14.1. The molecule has 0 rings (SSSR count). The highest BCUT2D eigenvalue weighted by Crippen LogP contribution is 2.12. The average Bonchev–Trinajstić information content (AvgIpc) is 2.00. The molecule has 0 heterocycles. The van der Waals surface area contributed by atoms with E-state index in [1.54, 1.807) is 11.8 Å². The predicted octanol–water partition coefficient (Wildman–Crippen LogP) is 2.92. The Morgan fingerprint density at radius 2 is 1.86 bits per heavy atom. The fourth-order valence-corrected chi connectivity index (χ4v) is 1.93. The fourth-order valence-electron chi connectivity index (χ4n) is 0.796. The predicted molar refractivity (Wildman–Crippen MR) is 55.7 cm³/mol. The number of rotatable bonds is 7. The summed E-state index contributed by atoms with van der Waals surface area (Å²) in [4.78, 5) is 0. The zero-order valence-electron chi connectivity index (χ0n) is 8.66. The van der Waals surface area contributed by atoms with Crippen LogP contribution >= 0.6 is 11.8 Å². The van der Waals surface area contributed by atoms with Crippen LogP contribution in [0.3, 0.4) is 0 Å². The van der Waals surface area contributed by atoms with E-state index in [1.807, 2.05) is 0 Å². The van der Waals surface area contributed by atoms with Crippen molar-refractivity contribution in [3.63, 3.8) is 0 Å². The van der Waals surface area contributed by atoms with Crippen molar-refractivity contribution < 1.29 is 13.2 Å². The first-order valence-corrected chi connectivity index (χ1v) is 5.92. The van der Waals surface area contributed by atoms with Gasteiger partial charge in [0.15, 0.2) is 0 Å². The lowest BCUT2D eigenvalue weighted by Gasteiger charge is -2.08. The van der Waals surface area contributed by atoms with Crippen LogP contribution in [0.4, 0.5) is 13.2 Å². The monoisotopic (exact) mass is 229 g/mol. The summed E-state index contributed by atoms with van der Waals surface area (Å²) in [5.74, 6) is 2.46. The Morgan fingerprint density at radius 3 is 2.36 bits per heavy atom. The van der Waals surface area contributed by atoms with E-state index in [1.165, 1.54) is 0 Å². The first-order chi connectivity index (χ1) is 6.42. The minimum absolute atomic E-state index is 0.433. The molecule has 0 aliphatic carbocycles. The van der Waals surface area contributed by atoms with Gasteiger partial charge in [-0.25, -0.2) is 0 Å². The maximum Gasteiger partial charge on any atom is 0.401 e. The minimum Gasteiger partial charge on any atom is -0.308 e. The average molecular weight is 229 g/mol. The summed E-state index contributed by atoms with van der Waals surface area (Å²) in [5.41, 5.74) is 0. The van der Waals surface area contributed by atoms with Gasteiger partial charge >= 0.3 is 6.18 Å². The highest BCUT2D eigenvalue weighted by molar-refractivity contribution is 7.99. The summed E-state index contributed by atoms with van der Waals surface area (Å²) >= 11 is 1.70. The van der Waals surface area contributed by atoms with Crippen LogP contribution in [0.1, 0.15) is 20.3 Å². The molecule has 0 aromatic rings. The number of alkyl halides is 3. The van der Waals surface area contributed by atoms with Crippen molar-refractivity contribution in [1.82, 2.24) is 5.32 Å². The molecule has 0 aliphatic heterocycles. The molecule has 0 atom stereocenters. The lowest BCUT2D eigenvalue weighted by Crippen LogP contribution is -2.30. The third-order valence-electron chi connectivity index (χ3n) is 1.59. The van der Waals surface area contributed by atoms with Crippen LogP contribution < -0.4 is 5.32 Å². The second-order valence-corrected chi connectivity index (χ2v) is 4.81. The minimum atomic E-state index is -4.08. The van der Waals surface area contributed by atoms with Crippen LogP contribution in [0, 0.1) is 5.92 Å². The third-order valence-corrected chi connectivity index (χ3v) is 2.61. The smallest absolute Gasteiger partial charge is 0.308 e. The largest absolute Gasteiger partial charge is 0.401 e. The van der Waals surface area contributed by atoms with Crippen molar-refractivity contribution >= 4 is 11.8 Å². The van der Waals surface area contributed by atoms with Crippen molar-refractivity contribution in [3.05, 3.63) is 0 Å². The van der Waals surface area contributed by atoms with Crippen LogP contribution in [0.2, 0.25) is 0 Å². The summed E-state index contributed by atoms with van der Waals surface area (Å²) in [6.45, 7) is 3.84. The molecule has 0 saturated carbocycles. The van der Waals surface area contributed by atoms with E-state index < -0.39 is 12.7 Å². The van der Waals surface area contributed by atoms with E-state index in [0.717, 1.165) is 17.9 Å². The maximum atomic E-state index is 11.7. The van der Waals surface area contributed by atoms with Gasteiger partial charge in [0.25, 0.3) is 0 Å². The molecule has 0 spiro atoms. The van der Waals surface area contributed by atoms with Gasteiger partial charge in [0.05, 0.1) is 6.54 Å². The van der Waals surface area contributed by atoms with Gasteiger partial charge in [-0.15, -0.1) is 0 Å². The van der Waals surface area contributed by atoms with Gasteiger partial charge < -0.3 is 5.32 Å². The van der Waals surface area contributed by atoms with E-state index in [2.05, 4.69) is 19.2 Å². The fraction of sp³-hybridized carbons (Fsp3) is 1.00. The molecular formula is C9H18F3NS. The molecule has 0 amide bonds. The Morgan fingerprint density at radius 1 is 1.21 bits per heavy atom. The second-order valence-electron chi connectivity index (χ2n) is 3.59. The van der Waals surface area contributed by atoms with Gasteiger partial charge in [-0.3, -0.25) is 0 Å². The molecular weight excluding hydrogens is 211 g/mol. The van der Waals surface area contributed by atoms with E-state index >= 15 is 0 Å². The number of hydrogen-bond acceptors (Lipinski definition) is 2. The number of halogens is 3. The van der Waals surface area contributed by atoms with Crippen LogP contribution in [0.15, 0.2) is 0 Å². The molecule has 0 bridgehead atoms. The van der Waals surface area contributed by atoms with Gasteiger partial charge in [-0.1, -0.05) is 13.8 Å². The molecule has 86 valence electrons. The third kappa shape index (κ3) is 12.1. The number of thioether (sulfide) groups is 1. The molecule has 0 fully saturated rings. The molecule has 5 heteroatoms. The Labute approximate surface area is 87.8 Å². The Balaban J connectivity index is 3.07. The highest BCUT2D eigenvalue weighted by atomic mass is 32.2. The van der Waals surface area contributed by atoms with Gasteiger partial charge in [0.1, 0.15) is 0 Å². The van der Waals surface area contributed by atoms with E-state index in [4.69, 9.17) is 0 Å². The van der Waals surface area contributed by atoms with Gasteiger partial charge in [0, 0.05) is 12.3 Å². The Kier molecular flexibility index (Phi) is 7.45. The summed E-state index contributed by atoms with van der Waals surface area (Å²) in [7, 11) is 0. The topological polar surface area (TPSA) is 12.0 Å². The summed E-state index contributed by atoms with van der Waals surface area (Å²) in [6.07, 6.45) is -2.95. The SMILES string of the molecule is CC(C)CCSCCNCC(F)(F)F. The summed E-state index contributed by atoms with van der Waals surface area (Å²) in [6, 6.07) is 0.